The lowest BCUT2D eigenvalue weighted by Crippen LogP contribution is -2.28. The molecule has 2 rings (SSSR count). The molecular formula is C12H10N2O3S. The molecule has 2 aromatic heterocycles. The van der Waals surface area contributed by atoms with Crippen LogP contribution in [0.4, 0.5) is 0 Å². The summed E-state index contributed by atoms with van der Waals surface area (Å²) in [5, 5.41) is 12.9. The highest BCUT2D eigenvalue weighted by Gasteiger charge is 2.01. The van der Waals surface area contributed by atoms with Gasteiger partial charge in [-0.1, -0.05) is 11.8 Å². The summed E-state index contributed by atoms with van der Waals surface area (Å²) in [7, 11) is 0. The summed E-state index contributed by atoms with van der Waals surface area (Å²) in [4.78, 5) is 23.5. The van der Waals surface area contributed by atoms with Crippen LogP contribution in [0.25, 0.3) is 0 Å². The highest BCUT2D eigenvalue weighted by Crippen LogP contribution is 2.14. The van der Waals surface area contributed by atoms with E-state index < -0.39 is 0 Å². The third-order valence-corrected chi connectivity index (χ3v) is 3.09. The van der Waals surface area contributed by atoms with Crippen LogP contribution in [0.1, 0.15) is 10.4 Å². The van der Waals surface area contributed by atoms with Gasteiger partial charge >= 0.3 is 0 Å². The lowest BCUT2D eigenvalue weighted by atomic mass is 10.3. The van der Waals surface area contributed by atoms with Crippen LogP contribution < -0.4 is 11.1 Å². The largest absolute Gasteiger partial charge is 0.384 e. The van der Waals surface area contributed by atoms with Gasteiger partial charge in [0.15, 0.2) is 0 Å². The smallest absolute Gasteiger partial charge is 0.265 e. The molecule has 0 aliphatic rings. The Bertz CT molecular complexity index is 715. The van der Waals surface area contributed by atoms with E-state index >= 15 is 0 Å². The Kier molecular flexibility index (Phi) is 3.77. The third-order valence-electron chi connectivity index (χ3n) is 2.17. The van der Waals surface area contributed by atoms with Crippen LogP contribution in [-0.2, 0) is 6.54 Å². The van der Waals surface area contributed by atoms with E-state index in [1.807, 2.05) is 11.4 Å². The van der Waals surface area contributed by atoms with Crippen molar-refractivity contribution in [3.63, 3.8) is 0 Å². The Labute approximate surface area is 106 Å². The van der Waals surface area contributed by atoms with Gasteiger partial charge in [-0.25, -0.2) is 4.68 Å². The maximum atomic E-state index is 11.5. The molecule has 0 aliphatic carbocycles. The van der Waals surface area contributed by atoms with E-state index in [2.05, 4.69) is 16.9 Å². The summed E-state index contributed by atoms with van der Waals surface area (Å²) >= 11 is 1.44. The second kappa shape index (κ2) is 5.49. The zero-order valence-electron chi connectivity index (χ0n) is 9.34. The fraction of sp³-hybridized carbons (Fsp3) is 0.167. The van der Waals surface area contributed by atoms with Crippen LogP contribution in [0, 0.1) is 11.8 Å². The zero-order chi connectivity index (χ0) is 13.0. The van der Waals surface area contributed by atoms with E-state index in [4.69, 9.17) is 5.11 Å². The summed E-state index contributed by atoms with van der Waals surface area (Å²) in [6, 6.07) is 4.26. The maximum Gasteiger partial charge on any atom is 0.265 e. The van der Waals surface area contributed by atoms with Crippen molar-refractivity contribution in [3.8, 4) is 11.8 Å². The number of hydrogen-bond donors (Lipinski definition) is 2. The van der Waals surface area contributed by atoms with Gasteiger partial charge in [0, 0.05) is 28.0 Å². The van der Waals surface area contributed by atoms with Gasteiger partial charge in [0.1, 0.15) is 6.61 Å². The van der Waals surface area contributed by atoms with Crippen LogP contribution in [0.3, 0.4) is 0 Å². The summed E-state index contributed by atoms with van der Waals surface area (Å²) < 4.78 is 1.25. The van der Waals surface area contributed by atoms with E-state index in [0.717, 1.165) is 10.4 Å². The van der Waals surface area contributed by atoms with E-state index in [9.17, 15) is 9.59 Å². The Balaban J connectivity index is 2.24. The Morgan fingerprint density at radius 2 is 2.22 bits per heavy atom. The van der Waals surface area contributed by atoms with Gasteiger partial charge in [0.25, 0.3) is 11.1 Å². The molecule has 5 nitrogen and oxygen atoms in total. The second-order valence-electron chi connectivity index (χ2n) is 3.50. The minimum atomic E-state index is -0.313. The molecule has 0 radical (unpaired) electrons. The standard InChI is InChI=1S/C12H10N2O3S/c15-5-1-2-9-6-10(18-8-9)7-14-12(17)4-3-11(16)13-14/h3-4,6,8,15H,5,7H2,(H,13,16). The maximum absolute atomic E-state index is 11.5. The fourth-order valence-electron chi connectivity index (χ4n) is 1.41. The number of nitrogens with one attached hydrogen (secondary N) is 1. The second-order valence-corrected chi connectivity index (χ2v) is 4.49. The molecule has 6 heteroatoms. The van der Waals surface area contributed by atoms with Gasteiger partial charge < -0.3 is 5.11 Å². The Morgan fingerprint density at radius 3 is 3.00 bits per heavy atom. The first-order chi connectivity index (χ1) is 8.69. The summed E-state index contributed by atoms with van der Waals surface area (Å²) in [5.41, 5.74) is 0.216. The number of H-pyrrole nitrogens is 1. The van der Waals surface area contributed by atoms with Crippen molar-refractivity contribution < 1.29 is 5.11 Å². The van der Waals surface area contributed by atoms with Crippen molar-refractivity contribution in [2.45, 2.75) is 6.54 Å². The van der Waals surface area contributed by atoms with Gasteiger partial charge in [-0.3, -0.25) is 14.7 Å². The number of nitrogens with zero attached hydrogens (tertiary/aromatic N) is 1. The molecule has 0 unspecified atom stereocenters. The van der Waals surface area contributed by atoms with Crippen LogP contribution in [0.2, 0.25) is 0 Å². The SMILES string of the molecule is O=c1ccc(=O)n(Cc2cc(C#CCO)cs2)[nH]1. The Hall–Kier alpha value is -2.10. The number of aromatic amines is 1. The number of aromatic nitrogens is 2. The number of thiophene rings is 1. The third kappa shape index (κ3) is 2.97. The van der Waals surface area contributed by atoms with Crippen molar-refractivity contribution in [2.75, 3.05) is 6.61 Å². The number of rotatable bonds is 2. The average Bonchev–Trinajstić information content (AvgIpc) is 2.79. The molecule has 2 aromatic rings. The number of aliphatic hydroxyl groups is 1. The quantitative estimate of drug-likeness (QED) is 0.747. The van der Waals surface area contributed by atoms with E-state index in [1.54, 1.807) is 0 Å². The highest BCUT2D eigenvalue weighted by atomic mass is 32.1. The molecule has 0 aromatic carbocycles. The first-order valence-corrected chi connectivity index (χ1v) is 6.04. The molecule has 18 heavy (non-hydrogen) atoms. The van der Waals surface area contributed by atoms with Gasteiger partial charge in [0.2, 0.25) is 0 Å². The molecule has 2 heterocycles. The molecular weight excluding hydrogens is 252 g/mol. The van der Waals surface area contributed by atoms with Crippen molar-refractivity contribution in [1.82, 2.24) is 9.78 Å². The molecule has 0 aliphatic heterocycles. The minimum Gasteiger partial charge on any atom is -0.384 e. The molecule has 0 bridgehead atoms. The molecule has 0 atom stereocenters. The normalized spacial score (nSPS) is 9.83. The summed E-state index contributed by atoms with van der Waals surface area (Å²) in [6.07, 6.45) is 0. The van der Waals surface area contributed by atoms with E-state index in [1.165, 1.54) is 28.2 Å². The van der Waals surface area contributed by atoms with Gasteiger partial charge in [-0.05, 0) is 6.07 Å². The Morgan fingerprint density at radius 1 is 1.39 bits per heavy atom. The monoisotopic (exact) mass is 262 g/mol. The van der Waals surface area contributed by atoms with Gasteiger partial charge in [-0.15, -0.1) is 11.3 Å². The van der Waals surface area contributed by atoms with Crippen molar-refractivity contribution >= 4 is 11.3 Å². The minimum absolute atomic E-state index is 0.184. The molecule has 0 saturated carbocycles. The van der Waals surface area contributed by atoms with Crippen LogP contribution in [-0.4, -0.2) is 21.5 Å². The predicted molar refractivity (Wildman–Crippen MR) is 68.7 cm³/mol. The van der Waals surface area contributed by atoms with Gasteiger partial charge in [-0.2, -0.15) is 0 Å². The molecule has 2 N–H and O–H groups in total. The van der Waals surface area contributed by atoms with E-state index in [-0.39, 0.29) is 17.7 Å². The first kappa shape index (κ1) is 12.4. The molecule has 0 saturated heterocycles. The predicted octanol–water partition coefficient (Wildman–Crippen LogP) is -0.00980. The zero-order valence-corrected chi connectivity index (χ0v) is 10.2. The average molecular weight is 262 g/mol. The van der Waals surface area contributed by atoms with Crippen molar-refractivity contribution in [1.29, 1.82) is 0 Å². The molecule has 0 fully saturated rings. The summed E-state index contributed by atoms with van der Waals surface area (Å²) in [6.45, 7) is 0.122. The lowest BCUT2D eigenvalue weighted by Gasteiger charge is -2.01. The topological polar surface area (TPSA) is 75.1 Å². The van der Waals surface area contributed by atoms with E-state index in [0.29, 0.717) is 6.54 Å². The highest BCUT2D eigenvalue weighted by molar-refractivity contribution is 7.10. The van der Waals surface area contributed by atoms with Crippen LogP contribution in [0.5, 0.6) is 0 Å². The molecule has 0 spiro atoms. The van der Waals surface area contributed by atoms with Crippen molar-refractivity contribution in [3.05, 3.63) is 54.7 Å². The van der Waals surface area contributed by atoms with Crippen molar-refractivity contribution in [2.24, 2.45) is 0 Å². The van der Waals surface area contributed by atoms with Crippen LogP contribution in [0.15, 0.2) is 33.2 Å². The fourth-order valence-corrected chi connectivity index (χ4v) is 2.21. The first-order valence-electron chi connectivity index (χ1n) is 5.16. The summed E-state index contributed by atoms with van der Waals surface area (Å²) in [5.74, 6) is 5.33. The van der Waals surface area contributed by atoms with Crippen LogP contribution >= 0.6 is 11.3 Å². The molecule has 0 amide bonds. The van der Waals surface area contributed by atoms with Gasteiger partial charge in [0.05, 0.1) is 6.54 Å². The molecule has 92 valence electrons. The number of hydrogen-bond acceptors (Lipinski definition) is 4. The lowest BCUT2D eigenvalue weighted by molar-refractivity contribution is 0.350. The number of aliphatic hydroxyl groups excluding tert-OH is 1.